The smallest absolute Gasteiger partial charge is 0.243 e. The minimum atomic E-state index is -0.908. The molecule has 0 spiro atoms. The molecule has 0 saturated carbocycles. The highest BCUT2D eigenvalue weighted by Crippen LogP contribution is 2.18. The molecule has 47 heavy (non-hydrogen) atoms. The third kappa shape index (κ3) is 10.9. The standard InChI is InChI=1S/C40H47N3O4/c1-4-5-20-35(29(3)44)41-39(46)36(24-22-32-21-23-33-18-12-13-19-34(33)26-32)42-40(47)37(27-31-16-10-7-11-17-31)43-38(45)28(2)25-30-14-8-6-9-15-30/h6-19,21,23,26,28,35-37H,4-5,20,22,24-25,27H2,1-3H3,(H,41,46)(H,42,47)(H,43,45)/t28-,35-,36-,37+/m0/s1. The number of unbranched alkanes of at least 4 members (excludes halogenated alkanes) is 1. The van der Waals surface area contributed by atoms with E-state index in [1.165, 1.54) is 6.92 Å². The number of rotatable bonds is 17. The predicted molar refractivity (Wildman–Crippen MR) is 188 cm³/mol. The van der Waals surface area contributed by atoms with Crippen LogP contribution in [0.3, 0.4) is 0 Å². The van der Waals surface area contributed by atoms with Crippen LogP contribution in [-0.4, -0.2) is 41.6 Å². The molecular formula is C40H47N3O4. The van der Waals surface area contributed by atoms with Crippen LogP contribution in [-0.2, 0) is 38.4 Å². The van der Waals surface area contributed by atoms with E-state index in [1.807, 2.05) is 98.8 Å². The fourth-order valence-electron chi connectivity index (χ4n) is 5.74. The Labute approximate surface area is 278 Å². The molecule has 246 valence electrons. The second-order valence-electron chi connectivity index (χ2n) is 12.4. The van der Waals surface area contributed by atoms with Gasteiger partial charge < -0.3 is 16.0 Å². The maximum Gasteiger partial charge on any atom is 0.243 e. The molecule has 0 heterocycles. The first-order valence-corrected chi connectivity index (χ1v) is 16.7. The van der Waals surface area contributed by atoms with Crippen molar-refractivity contribution in [3.63, 3.8) is 0 Å². The van der Waals surface area contributed by atoms with E-state index in [1.54, 1.807) is 0 Å². The minimum Gasteiger partial charge on any atom is -0.345 e. The van der Waals surface area contributed by atoms with Crippen LogP contribution in [0.15, 0.2) is 103 Å². The van der Waals surface area contributed by atoms with Gasteiger partial charge in [-0.2, -0.15) is 0 Å². The molecule has 4 aromatic rings. The van der Waals surface area contributed by atoms with Gasteiger partial charge in [0.2, 0.25) is 17.7 Å². The van der Waals surface area contributed by atoms with E-state index in [0.29, 0.717) is 25.7 Å². The SMILES string of the molecule is CCCC[C@H](NC(=O)[C@H](CCc1ccc2ccccc2c1)NC(=O)[C@@H](Cc1ccccc1)NC(=O)[C@@H](C)Cc1ccccc1)C(C)=O. The summed E-state index contributed by atoms with van der Waals surface area (Å²) < 4.78 is 0. The van der Waals surface area contributed by atoms with E-state index in [9.17, 15) is 19.2 Å². The lowest BCUT2D eigenvalue weighted by molar-refractivity contribution is -0.134. The van der Waals surface area contributed by atoms with Crippen LogP contribution in [0.1, 0.15) is 63.1 Å². The minimum absolute atomic E-state index is 0.118. The Kier molecular flexibility index (Phi) is 13.3. The molecule has 0 aliphatic carbocycles. The Bertz CT molecular complexity index is 1620. The summed E-state index contributed by atoms with van der Waals surface area (Å²) in [6.45, 7) is 5.36. The first-order chi connectivity index (χ1) is 22.7. The summed E-state index contributed by atoms with van der Waals surface area (Å²) in [7, 11) is 0. The number of ketones is 1. The predicted octanol–water partition coefficient (Wildman–Crippen LogP) is 6.13. The van der Waals surface area contributed by atoms with Gasteiger partial charge in [-0.3, -0.25) is 19.2 Å². The van der Waals surface area contributed by atoms with Crippen molar-refractivity contribution in [2.75, 3.05) is 0 Å². The highest BCUT2D eigenvalue weighted by atomic mass is 16.2. The van der Waals surface area contributed by atoms with Crippen LogP contribution in [0.5, 0.6) is 0 Å². The molecule has 4 atom stereocenters. The van der Waals surface area contributed by atoms with E-state index in [0.717, 1.165) is 40.3 Å². The van der Waals surface area contributed by atoms with Crippen LogP contribution in [0.25, 0.3) is 10.8 Å². The lowest BCUT2D eigenvalue weighted by Gasteiger charge is -2.26. The summed E-state index contributed by atoms with van der Waals surface area (Å²) in [5.74, 6) is -1.57. The number of fused-ring (bicyclic) bond motifs is 1. The molecule has 0 unspecified atom stereocenters. The summed E-state index contributed by atoms with van der Waals surface area (Å²) in [4.78, 5) is 53.5. The van der Waals surface area contributed by atoms with Crippen LogP contribution in [0, 0.1) is 5.92 Å². The first-order valence-electron chi connectivity index (χ1n) is 16.7. The largest absolute Gasteiger partial charge is 0.345 e. The van der Waals surface area contributed by atoms with Crippen molar-refractivity contribution in [1.29, 1.82) is 0 Å². The van der Waals surface area contributed by atoms with Crippen molar-refractivity contribution in [1.82, 2.24) is 16.0 Å². The first kappa shape index (κ1) is 35.1. The summed E-state index contributed by atoms with van der Waals surface area (Å²) in [6, 6.07) is 31.1. The Morgan fingerprint density at radius 1 is 0.574 bits per heavy atom. The average molecular weight is 634 g/mol. The summed E-state index contributed by atoms with van der Waals surface area (Å²) in [5.41, 5.74) is 2.96. The topological polar surface area (TPSA) is 104 Å². The number of carbonyl (C=O) groups excluding carboxylic acids is 4. The van der Waals surface area contributed by atoms with Gasteiger partial charge in [-0.05, 0) is 60.1 Å². The average Bonchev–Trinajstić information content (AvgIpc) is 3.08. The molecule has 0 radical (unpaired) electrons. The normalized spacial score (nSPS) is 13.6. The quantitative estimate of drug-likeness (QED) is 0.130. The highest BCUT2D eigenvalue weighted by Gasteiger charge is 2.30. The Hall–Kier alpha value is -4.78. The van der Waals surface area contributed by atoms with E-state index >= 15 is 0 Å². The molecule has 0 aliphatic heterocycles. The van der Waals surface area contributed by atoms with E-state index in [4.69, 9.17) is 0 Å². The second kappa shape index (κ2) is 17.8. The van der Waals surface area contributed by atoms with Gasteiger partial charge in [-0.15, -0.1) is 0 Å². The van der Waals surface area contributed by atoms with Gasteiger partial charge in [0.1, 0.15) is 12.1 Å². The number of nitrogens with one attached hydrogen (secondary N) is 3. The summed E-state index contributed by atoms with van der Waals surface area (Å²) >= 11 is 0. The molecule has 4 aromatic carbocycles. The molecule has 0 saturated heterocycles. The molecule has 0 aromatic heterocycles. The summed E-state index contributed by atoms with van der Waals surface area (Å²) in [5, 5.41) is 11.1. The number of hydrogen-bond donors (Lipinski definition) is 3. The molecule has 7 heteroatoms. The van der Waals surface area contributed by atoms with Crippen LogP contribution >= 0.6 is 0 Å². The molecule has 0 bridgehead atoms. The van der Waals surface area contributed by atoms with Gasteiger partial charge in [0, 0.05) is 12.3 Å². The van der Waals surface area contributed by atoms with Gasteiger partial charge >= 0.3 is 0 Å². The lowest BCUT2D eigenvalue weighted by atomic mass is 9.98. The van der Waals surface area contributed by atoms with E-state index < -0.39 is 29.9 Å². The van der Waals surface area contributed by atoms with Crippen molar-refractivity contribution < 1.29 is 19.2 Å². The zero-order valence-electron chi connectivity index (χ0n) is 27.7. The fraction of sp³-hybridized carbons (Fsp3) is 0.350. The number of Topliss-reactive ketones (excluding diaryl/α,β-unsaturated/α-hetero) is 1. The van der Waals surface area contributed by atoms with Crippen LogP contribution in [0.2, 0.25) is 0 Å². The molecule has 7 nitrogen and oxygen atoms in total. The Balaban J connectivity index is 1.54. The van der Waals surface area contributed by atoms with Gasteiger partial charge in [0.05, 0.1) is 6.04 Å². The molecule has 3 amide bonds. The van der Waals surface area contributed by atoms with Crippen molar-refractivity contribution in [2.45, 2.75) is 83.8 Å². The monoisotopic (exact) mass is 633 g/mol. The number of amides is 3. The van der Waals surface area contributed by atoms with Gasteiger partial charge in [0.15, 0.2) is 5.78 Å². The van der Waals surface area contributed by atoms with Crippen molar-refractivity contribution >= 4 is 34.3 Å². The lowest BCUT2D eigenvalue weighted by Crippen LogP contribution is -2.56. The van der Waals surface area contributed by atoms with Gasteiger partial charge in [0.25, 0.3) is 0 Å². The molecule has 3 N–H and O–H groups in total. The van der Waals surface area contributed by atoms with Crippen LogP contribution in [0.4, 0.5) is 0 Å². The number of aryl methyl sites for hydroxylation is 1. The molecule has 0 fully saturated rings. The molecule has 0 aliphatic rings. The van der Waals surface area contributed by atoms with E-state index in [-0.39, 0.29) is 24.0 Å². The van der Waals surface area contributed by atoms with Crippen molar-refractivity contribution in [2.24, 2.45) is 5.92 Å². The van der Waals surface area contributed by atoms with Gasteiger partial charge in [-0.25, -0.2) is 0 Å². The third-order valence-electron chi connectivity index (χ3n) is 8.57. The van der Waals surface area contributed by atoms with Crippen molar-refractivity contribution in [3.8, 4) is 0 Å². The molecule has 4 rings (SSSR count). The number of benzene rings is 4. The van der Waals surface area contributed by atoms with Crippen LogP contribution < -0.4 is 16.0 Å². The maximum atomic E-state index is 14.0. The second-order valence-corrected chi connectivity index (χ2v) is 12.4. The summed E-state index contributed by atoms with van der Waals surface area (Å²) in [6.07, 6.45) is 3.89. The van der Waals surface area contributed by atoms with E-state index in [2.05, 4.69) is 34.1 Å². The Morgan fingerprint density at radius 2 is 1.13 bits per heavy atom. The fourth-order valence-corrected chi connectivity index (χ4v) is 5.74. The number of carbonyl (C=O) groups is 4. The third-order valence-corrected chi connectivity index (χ3v) is 8.57. The van der Waals surface area contributed by atoms with Gasteiger partial charge in [-0.1, -0.05) is 130 Å². The maximum absolute atomic E-state index is 14.0. The molecular weight excluding hydrogens is 586 g/mol. The Morgan fingerprint density at radius 3 is 1.77 bits per heavy atom. The van der Waals surface area contributed by atoms with Crippen molar-refractivity contribution in [3.05, 3.63) is 120 Å². The highest BCUT2D eigenvalue weighted by molar-refractivity contribution is 5.94. The zero-order chi connectivity index (χ0) is 33.6. The zero-order valence-corrected chi connectivity index (χ0v) is 27.7. The number of hydrogen-bond acceptors (Lipinski definition) is 4.